The van der Waals surface area contributed by atoms with E-state index in [0.717, 1.165) is 6.54 Å². The summed E-state index contributed by atoms with van der Waals surface area (Å²) in [6.07, 6.45) is -4.79. The Morgan fingerprint density at radius 1 is 1.00 bits per heavy atom. The number of hydrogen-bond donors (Lipinski definition) is 2. The molecule has 32 heavy (non-hydrogen) atoms. The van der Waals surface area contributed by atoms with E-state index in [4.69, 9.17) is 23.2 Å². The fraction of sp³-hybridized carbons (Fsp3) is 0.238. The molecule has 1 heterocycles. The molecule has 0 aliphatic rings. The Hall–Kier alpha value is -2.75. The van der Waals surface area contributed by atoms with Crippen molar-refractivity contribution in [3.05, 3.63) is 58.6 Å². The number of alkyl halides is 3. The molecule has 0 unspecified atom stereocenters. The number of aromatic nitrogens is 2. The summed E-state index contributed by atoms with van der Waals surface area (Å²) in [6.45, 7) is 1.30. The van der Waals surface area contributed by atoms with Gasteiger partial charge in [0.05, 0.1) is 5.69 Å². The monoisotopic (exact) mass is 485 g/mol. The molecule has 11 heteroatoms. The Morgan fingerprint density at radius 3 is 2.38 bits per heavy atom. The van der Waals surface area contributed by atoms with Crippen molar-refractivity contribution in [2.45, 2.75) is 6.36 Å². The Labute approximate surface area is 193 Å². The lowest BCUT2D eigenvalue weighted by atomic mass is 10.1. The van der Waals surface area contributed by atoms with E-state index in [2.05, 4.69) is 25.3 Å². The molecule has 0 radical (unpaired) electrons. The van der Waals surface area contributed by atoms with Crippen molar-refractivity contribution in [3.8, 4) is 17.0 Å². The van der Waals surface area contributed by atoms with E-state index < -0.39 is 6.36 Å². The highest BCUT2D eigenvalue weighted by molar-refractivity contribution is 6.35. The molecule has 1 aromatic heterocycles. The number of anilines is 3. The average molecular weight is 486 g/mol. The lowest BCUT2D eigenvalue weighted by Crippen LogP contribution is -2.21. The quantitative estimate of drug-likeness (QED) is 0.403. The van der Waals surface area contributed by atoms with Gasteiger partial charge in [0.1, 0.15) is 11.6 Å². The van der Waals surface area contributed by atoms with Gasteiger partial charge in [0, 0.05) is 40.5 Å². The van der Waals surface area contributed by atoms with Crippen LogP contribution in [0.15, 0.2) is 48.5 Å². The van der Waals surface area contributed by atoms with E-state index in [-0.39, 0.29) is 5.75 Å². The zero-order valence-electron chi connectivity index (χ0n) is 17.2. The summed E-state index contributed by atoms with van der Waals surface area (Å²) in [5, 5.41) is 7.11. The lowest BCUT2D eigenvalue weighted by molar-refractivity contribution is -0.274. The zero-order valence-corrected chi connectivity index (χ0v) is 18.7. The van der Waals surface area contributed by atoms with Crippen molar-refractivity contribution in [1.82, 2.24) is 14.9 Å². The summed E-state index contributed by atoms with van der Waals surface area (Å²) >= 11 is 12.1. The number of hydrogen-bond acceptors (Lipinski definition) is 6. The maximum Gasteiger partial charge on any atom is 0.573 e. The summed E-state index contributed by atoms with van der Waals surface area (Å²) in [5.74, 6) is 0.372. The number of likely N-dealkylation sites (N-methyl/N-ethyl adjacent to an activating group) is 1. The van der Waals surface area contributed by atoms with Gasteiger partial charge in [0.2, 0.25) is 5.95 Å². The van der Waals surface area contributed by atoms with Crippen molar-refractivity contribution in [2.24, 2.45) is 0 Å². The molecule has 2 N–H and O–H groups in total. The standard InChI is InChI=1S/C21H20Cl2F3N5O/c1-31(2)7-6-27-20-29-18(13-4-3-5-17(8-13)32-21(24,25)26)12-19(30-20)28-16-10-14(22)9-15(23)11-16/h3-5,8-12H,6-7H2,1-2H3,(H2,27,28,29,30). The van der Waals surface area contributed by atoms with E-state index in [1.807, 2.05) is 19.0 Å². The summed E-state index contributed by atoms with van der Waals surface area (Å²) < 4.78 is 41.9. The van der Waals surface area contributed by atoms with Gasteiger partial charge >= 0.3 is 6.36 Å². The number of benzene rings is 2. The van der Waals surface area contributed by atoms with Crippen LogP contribution >= 0.6 is 23.2 Å². The maximum absolute atomic E-state index is 12.6. The van der Waals surface area contributed by atoms with Crippen LogP contribution in [-0.4, -0.2) is 48.4 Å². The third-order valence-electron chi connectivity index (χ3n) is 4.07. The second-order valence-electron chi connectivity index (χ2n) is 7.05. The summed E-state index contributed by atoms with van der Waals surface area (Å²) in [7, 11) is 3.86. The molecule has 0 saturated carbocycles. The first-order chi connectivity index (χ1) is 15.1. The van der Waals surface area contributed by atoms with Gasteiger partial charge in [-0.15, -0.1) is 13.2 Å². The summed E-state index contributed by atoms with van der Waals surface area (Å²) in [6, 6.07) is 12.1. The number of nitrogens with one attached hydrogen (secondary N) is 2. The Bertz CT molecular complexity index is 1060. The average Bonchev–Trinajstić information content (AvgIpc) is 2.65. The molecule has 0 atom stereocenters. The van der Waals surface area contributed by atoms with Crippen LogP contribution in [0.5, 0.6) is 5.75 Å². The lowest BCUT2D eigenvalue weighted by Gasteiger charge is -2.14. The van der Waals surface area contributed by atoms with Crippen LogP contribution in [0.25, 0.3) is 11.3 Å². The molecular weight excluding hydrogens is 466 g/mol. The summed E-state index contributed by atoms with van der Waals surface area (Å²) in [5.41, 5.74) is 1.42. The van der Waals surface area contributed by atoms with Crippen LogP contribution in [-0.2, 0) is 0 Å². The van der Waals surface area contributed by atoms with Gasteiger partial charge in [-0.1, -0.05) is 35.3 Å². The van der Waals surface area contributed by atoms with Crippen LogP contribution in [0.2, 0.25) is 10.0 Å². The van der Waals surface area contributed by atoms with Crippen molar-refractivity contribution in [3.63, 3.8) is 0 Å². The first kappa shape index (κ1) is 23.9. The van der Waals surface area contributed by atoms with E-state index in [9.17, 15) is 13.2 Å². The Kier molecular flexibility index (Phi) is 7.65. The molecule has 0 aliphatic carbocycles. The van der Waals surface area contributed by atoms with E-state index in [1.54, 1.807) is 30.3 Å². The maximum atomic E-state index is 12.6. The fourth-order valence-corrected chi connectivity index (χ4v) is 3.28. The normalized spacial score (nSPS) is 11.5. The van der Waals surface area contributed by atoms with E-state index >= 15 is 0 Å². The molecule has 170 valence electrons. The van der Waals surface area contributed by atoms with Gasteiger partial charge in [-0.2, -0.15) is 4.98 Å². The number of nitrogens with zero attached hydrogens (tertiary/aromatic N) is 3. The molecule has 0 saturated heterocycles. The van der Waals surface area contributed by atoms with Gasteiger partial charge in [-0.3, -0.25) is 0 Å². The third-order valence-corrected chi connectivity index (χ3v) is 4.50. The van der Waals surface area contributed by atoms with Crippen molar-refractivity contribution >= 4 is 40.7 Å². The molecular formula is C21H20Cl2F3N5O. The molecule has 3 rings (SSSR count). The minimum atomic E-state index is -4.79. The van der Waals surface area contributed by atoms with Gasteiger partial charge < -0.3 is 20.3 Å². The van der Waals surface area contributed by atoms with E-state index in [0.29, 0.717) is 45.3 Å². The first-order valence-corrected chi connectivity index (χ1v) is 10.2. The second-order valence-corrected chi connectivity index (χ2v) is 7.92. The SMILES string of the molecule is CN(C)CCNc1nc(Nc2cc(Cl)cc(Cl)c2)cc(-c2cccc(OC(F)(F)F)c2)n1. The van der Waals surface area contributed by atoms with Crippen molar-refractivity contribution < 1.29 is 17.9 Å². The van der Waals surface area contributed by atoms with Gasteiger partial charge in [0.25, 0.3) is 0 Å². The molecule has 0 amide bonds. The Balaban J connectivity index is 1.95. The highest BCUT2D eigenvalue weighted by Gasteiger charge is 2.31. The minimum absolute atomic E-state index is 0.308. The largest absolute Gasteiger partial charge is 0.573 e. The highest BCUT2D eigenvalue weighted by Crippen LogP contribution is 2.30. The van der Waals surface area contributed by atoms with Crippen molar-refractivity contribution in [1.29, 1.82) is 0 Å². The van der Waals surface area contributed by atoms with Crippen LogP contribution in [0.1, 0.15) is 0 Å². The highest BCUT2D eigenvalue weighted by atomic mass is 35.5. The van der Waals surface area contributed by atoms with Crippen LogP contribution in [0.4, 0.5) is 30.6 Å². The Morgan fingerprint density at radius 2 is 1.72 bits per heavy atom. The number of ether oxygens (including phenoxy) is 1. The topological polar surface area (TPSA) is 62.3 Å². The minimum Gasteiger partial charge on any atom is -0.406 e. The fourth-order valence-electron chi connectivity index (χ4n) is 2.76. The molecule has 0 fully saturated rings. The number of halogens is 5. The predicted molar refractivity (Wildman–Crippen MR) is 121 cm³/mol. The molecule has 0 aliphatic heterocycles. The zero-order chi connectivity index (χ0) is 23.3. The van der Waals surface area contributed by atoms with E-state index in [1.165, 1.54) is 18.2 Å². The van der Waals surface area contributed by atoms with Gasteiger partial charge in [-0.05, 0) is 44.4 Å². The second kappa shape index (κ2) is 10.2. The molecule has 0 bridgehead atoms. The van der Waals surface area contributed by atoms with Crippen LogP contribution < -0.4 is 15.4 Å². The molecule has 6 nitrogen and oxygen atoms in total. The van der Waals surface area contributed by atoms with Gasteiger partial charge in [0.15, 0.2) is 0 Å². The predicted octanol–water partition coefficient (Wildman–Crippen LogP) is 6.07. The van der Waals surface area contributed by atoms with Crippen LogP contribution in [0, 0.1) is 0 Å². The smallest absolute Gasteiger partial charge is 0.406 e. The molecule has 2 aromatic carbocycles. The molecule has 3 aromatic rings. The van der Waals surface area contributed by atoms with Crippen molar-refractivity contribution in [2.75, 3.05) is 37.8 Å². The van der Waals surface area contributed by atoms with Gasteiger partial charge in [-0.25, -0.2) is 4.98 Å². The van der Waals surface area contributed by atoms with Crippen LogP contribution in [0.3, 0.4) is 0 Å². The summed E-state index contributed by atoms with van der Waals surface area (Å²) in [4.78, 5) is 10.9. The molecule has 0 spiro atoms. The first-order valence-electron chi connectivity index (χ1n) is 9.44. The third kappa shape index (κ3) is 7.44. The number of rotatable bonds is 8.